The second kappa shape index (κ2) is 7.19. The van der Waals surface area contributed by atoms with Crippen molar-refractivity contribution in [2.24, 2.45) is 5.10 Å². The first-order valence-corrected chi connectivity index (χ1v) is 8.67. The SMILES string of the molecule is COc1ccc2[nH]c3c(=O)n(N=Cc4cccc(OC)c4OC)c(=O)[nH]c3c2c1. The molecule has 0 radical (unpaired) electrons. The van der Waals surface area contributed by atoms with E-state index in [4.69, 9.17) is 14.2 Å². The van der Waals surface area contributed by atoms with Gasteiger partial charge in [-0.2, -0.15) is 5.10 Å². The van der Waals surface area contributed by atoms with E-state index in [-0.39, 0.29) is 5.52 Å². The Labute approximate surface area is 164 Å². The van der Waals surface area contributed by atoms with Gasteiger partial charge < -0.3 is 24.2 Å². The summed E-state index contributed by atoms with van der Waals surface area (Å²) in [4.78, 5) is 31.2. The molecule has 0 saturated heterocycles. The van der Waals surface area contributed by atoms with Crippen LogP contribution in [0, 0.1) is 0 Å². The fourth-order valence-corrected chi connectivity index (χ4v) is 3.18. The molecule has 0 aliphatic carbocycles. The third kappa shape index (κ3) is 3.02. The molecule has 9 heteroatoms. The molecule has 29 heavy (non-hydrogen) atoms. The van der Waals surface area contributed by atoms with E-state index in [2.05, 4.69) is 15.1 Å². The van der Waals surface area contributed by atoms with Gasteiger partial charge in [-0.05, 0) is 30.3 Å². The summed E-state index contributed by atoms with van der Waals surface area (Å²) in [6.45, 7) is 0. The minimum atomic E-state index is -0.663. The zero-order valence-corrected chi connectivity index (χ0v) is 16.0. The van der Waals surface area contributed by atoms with E-state index in [0.29, 0.717) is 39.2 Å². The van der Waals surface area contributed by atoms with Crippen LogP contribution in [0.5, 0.6) is 17.2 Å². The van der Waals surface area contributed by atoms with Crippen molar-refractivity contribution in [3.63, 3.8) is 0 Å². The molecule has 0 spiro atoms. The lowest BCUT2D eigenvalue weighted by molar-refractivity contribution is 0.354. The van der Waals surface area contributed by atoms with Gasteiger partial charge in [-0.3, -0.25) is 4.79 Å². The van der Waals surface area contributed by atoms with Crippen molar-refractivity contribution in [3.8, 4) is 17.2 Å². The van der Waals surface area contributed by atoms with Crippen molar-refractivity contribution in [3.05, 3.63) is 62.8 Å². The Morgan fingerprint density at radius 2 is 1.79 bits per heavy atom. The van der Waals surface area contributed by atoms with E-state index in [1.165, 1.54) is 20.4 Å². The molecular weight excluding hydrogens is 376 g/mol. The monoisotopic (exact) mass is 394 g/mol. The van der Waals surface area contributed by atoms with Crippen LogP contribution in [-0.2, 0) is 0 Å². The Hall–Kier alpha value is -4.01. The molecule has 2 N–H and O–H groups in total. The van der Waals surface area contributed by atoms with Crippen LogP contribution >= 0.6 is 0 Å². The molecule has 0 atom stereocenters. The number of nitrogens with zero attached hydrogens (tertiary/aromatic N) is 2. The first kappa shape index (κ1) is 18.4. The van der Waals surface area contributed by atoms with Gasteiger partial charge in [0.05, 0.1) is 33.1 Å². The van der Waals surface area contributed by atoms with E-state index in [9.17, 15) is 9.59 Å². The van der Waals surface area contributed by atoms with Crippen molar-refractivity contribution in [2.45, 2.75) is 0 Å². The number of H-pyrrole nitrogens is 2. The predicted molar refractivity (Wildman–Crippen MR) is 110 cm³/mol. The van der Waals surface area contributed by atoms with Crippen molar-refractivity contribution < 1.29 is 14.2 Å². The maximum absolute atomic E-state index is 12.9. The van der Waals surface area contributed by atoms with Crippen LogP contribution in [0.3, 0.4) is 0 Å². The first-order chi connectivity index (χ1) is 14.1. The molecule has 4 rings (SSSR count). The third-order valence-electron chi connectivity index (χ3n) is 4.58. The number of hydrogen-bond donors (Lipinski definition) is 2. The van der Waals surface area contributed by atoms with Crippen LogP contribution in [0.25, 0.3) is 21.9 Å². The van der Waals surface area contributed by atoms with Crippen LogP contribution in [0.2, 0.25) is 0 Å². The fraction of sp³-hybridized carbons (Fsp3) is 0.150. The Bertz CT molecular complexity index is 1360. The quantitative estimate of drug-likeness (QED) is 0.504. The lowest BCUT2D eigenvalue weighted by atomic mass is 10.2. The number of aromatic amines is 2. The van der Waals surface area contributed by atoms with Crippen molar-refractivity contribution in [2.75, 3.05) is 21.3 Å². The zero-order valence-electron chi connectivity index (χ0n) is 16.0. The molecule has 0 bridgehead atoms. The lowest BCUT2D eigenvalue weighted by Crippen LogP contribution is -2.32. The largest absolute Gasteiger partial charge is 0.497 e. The highest BCUT2D eigenvalue weighted by atomic mass is 16.5. The van der Waals surface area contributed by atoms with Crippen LogP contribution in [0.15, 0.2) is 51.1 Å². The number of methoxy groups -OCH3 is 3. The average molecular weight is 394 g/mol. The minimum Gasteiger partial charge on any atom is -0.497 e. The molecule has 0 saturated carbocycles. The van der Waals surface area contributed by atoms with Gasteiger partial charge >= 0.3 is 11.2 Å². The summed E-state index contributed by atoms with van der Waals surface area (Å²) in [6, 6.07) is 10.5. The van der Waals surface area contributed by atoms with Gasteiger partial charge in [0.1, 0.15) is 11.3 Å². The maximum Gasteiger partial charge on any atom is 0.350 e. The fourth-order valence-electron chi connectivity index (χ4n) is 3.18. The van der Waals surface area contributed by atoms with Gasteiger partial charge in [0, 0.05) is 16.5 Å². The molecule has 9 nitrogen and oxygen atoms in total. The van der Waals surface area contributed by atoms with E-state index in [0.717, 1.165) is 4.68 Å². The molecule has 0 fully saturated rings. The number of aromatic nitrogens is 3. The molecule has 148 valence electrons. The minimum absolute atomic E-state index is 0.239. The Balaban J connectivity index is 1.87. The summed E-state index contributed by atoms with van der Waals surface area (Å²) in [5, 5.41) is 4.75. The summed E-state index contributed by atoms with van der Waals surface area (Å²) in [6.07, 6.45) is 1.37. The Morgan fingerprint density at radius 1 is 0.966 bits per heavy atom. The summed E-state index contributed by atoms with van der Waals surface area (Å²) >= 11 is 0. The van der Waals surface area contributed by atoms with E-state index in [1.54, 1.807) is 43.5 Å². The Kier molecular flexibility index (Phi) is 4.55. The summed E-state index contributed by atoms with van der Waals surface area (Å²) in [5.41, 5.74) is 0.660. The molecule has 0 unspecified atom stereocenters. The number of ether oxygens (including phenoxy) is 3. The molecule has 0 aliphatic heterocycles. The number of hydrogen-bond acceptors (Lipinski definition) is 6. The highest BCUT2D eigenvalue weighted by Crippen LogP contribution is 2.29. The molecule has 2 aromatic heterocycles. The van der Waals surface area contributed by atoms with Crippen molar-refractivity contribution in [1.82, 2.24) is 14.6 Å². The van der Waals surface area contributed by atoms with E-state index >= 15 is 0 Å². The molecule has 2 heterocycles. The van der Waals surface area contributed by atoms with Gasteiger partial charge in [-0.1, -0.05) is 6.07 Å². The molecule has 0 aliphatic rings. The van der Waals surface area contributed by atoms with Crippen LogP contribution in [0.1, 0.15) is 5.56 Å². The highest BCUT2D eigenvalue weighted by Gasteiger charge is 2.14. The standard InChI is InChI=1S/C20H18N4O5/c1-27-12-7-8-14-13(9-12)16-17(22-14)19(25)24(20(26)23-16)21-10-11-5-4-6-15(28-2)18(11)29-3/h4-10,22H,1-3H3,(H,23,26). The first-order valence-electron chi connectivity index (χ1n) is 8.67. The molecule has 0 amide bonds. The number of fused-ring (bicyclic) bond motifs is 3. The van der Waals surface area contributed by atoms with Crippen molar-refractivity contribution >= 4 is 28.2 Å². The predicted octanol–water partition coefficient (Wildman–Crippen LogP) is 2.08. The lowest BCUT2D eigenvalue weighted by Gasteiger charge is -2.09. The van der Waals surface area contributed by atoms with Crippen molar-refractivity contribution in [1.29, 1.82) is 0 Å². The number of rotatable bonds is 5. The van der Waals surface area contributed by atoms with E-state index < -0.39 is 11.2 Å². The molecule has 4 aromatic rings. The van der Waals surface area contributed by atoms with Crippen LogP contribution in [-0.4, -0.2) is 42.2 Å². The summed E-state index contributed by atoms with van der Waals surface area (Å²) < 4.78 is 16.6. The van der Waals surface area contributed by atoms with Gasteiger partial charge in [0.15, 0.2) is 11.5 Å². The molecule has 2 aromatic carbocycles. The van der Waals surface area contributed by atoms with Gasteiger partial charge in [-0.15, -0.1) is 4.68 Å². The van der Waals surface area contributed by atoms with Crippen LogP contribution in [0.4, 0.5) is 0 Å². The number of benzene rings is 2. The second-order valence-corrected chi connectivity index (χ2v) is 6.16. The highest BCUT2D eigenvalue weighted by molar-refractivity contribution is 6.04. The topological polar surface area (TPSA) is 111 Å². The summed E-state index contributed by atoms with van der Waals surface area (Å²) in [5.74, 6) is 1.58. The smallest absolute Gasteiger partial charge is 0.350 e. The zero-order chi connectivity index (χ0) is 20.5. The van der Waals surface area contributed by atoms with Gasteiger partial charge in [0.2, 0.25) is 0 Å². The molecular formula is C20H18N4O5. The summed E-state index contributed by atoms with van der Waals surface area (Å²) in [7, 11) is 4.57. The number of para-hydroxylation sites is 1. The van der Waals surface area contributed by atoms with Crippen LogP contribution < -0.4 is 25.5 Å². The Morgan fingerprint density at radius 3 is 2.52 bits per heavy atom. The van der Waals surface area contributed by atoms with Gasteiger partial charge in [-0.25, -0.2) is 4.79 Å². The normalized spacial score (nSPS) is 11.4. The van der Waals surface area contributed by atoms with E-state index in [1.807, 2.05) is 0 Å². The van der Waals surface area contributed by atoms with Gasteiger partial charge in [0.25, 0.3) is 0 Å². The third-order valence-corrected chi connectivity index (χ3v) is 4.58. The average Bonchev–Trinajstić information content (AvgIpc) is 3.11. The maximum atomic E-state index is 12.9. The number of nitrogens with one attached hydrogen (secondary N) is 2. The second-order valence-electron chi connectivity index (χ2n) is 6.16.